The maximum Gasteiger partial charge on any atom is 0.254 e. The fourth-order valence-corrected chi connectivity index (χ4v) is 3.90. The molecule has 1 atom stereocenters. The van der Waals surface area contributed by atoms with Crippen molar-refractivity contribution < 1.29 is 4.79 Å². The molecule has 1 aromatic rings. The first kappa shape index (κ1) is 13.4. The Bertz CT molecular complexity index is 488. The number of carbonyl (C=O) groups excluding carboxylic acids is 1. The van der Waals surface area contributed by atoms with Gasteiger partial charge in [-0.3, -0.25) is 9.69 Å². The zero-order valence-corrected chi connectivity index (χ0v) is 13.0. The molecule has 5 heteroatoms. The zero-order chi connectivity index (χ0) is 13.4. The summed E-state index contributed by atoms with van der Waals surface area (Å²) in [7, 11) is 0. The van der Waals surface area contributed by atoms with E-state index in [9.17, 15) is 4.79 Å². The lowest BCUT2D eigenvalue weighted by atomic mass is 10.1. The Morgan fingerprint density at radius 3 is 2.89 bits per heavy atom. The van der Waals surface area contributed by atoms with E-state index in [0.717, 1.165) is 24.1 Å². The van der Waals surface area contributed by atoms with Crippen LogP contribution in [0.2, 0.25) is 5.02 Å². The highest BCUT2D eigenvalue weighted by Crippen LogP contribution is 2.24. The van der Waals surface area contributed by atoms with Gasteiger partial charge < -0.3 is 4.90 Å². The van der Waals surface area contributed by atoms with Crippen LogP contribution in [0.5, 0.6) is 0 Å². The Labute approximate surface area is 126 Å². The van der Waals surface area contributed by atoms with Gasteiger partial charge >= 0.3 is 0 Å². The van der Waals surface area contributed by atoms with Gasteiger partial charge in [0.25, 0.3) is 5.91 Å². The van der Waals surface area contributed by atoms with Gasteiger partial charge in [0.15, 0.2) is 0 Å². The van der Waals surface area contributed by atoms with Gasteiger partial charge in [0.2, 0.25) is 0 Å². The van der Waals surface area contributed by atoms with Crippen molar-refractivity contribution in [2.75, 3.05) is 26.2 Å². The summed E-state index contributed by atoms with van der Waals surface area (Å²) in [5, 5.41) is 0.595. The van der Waals surface area contributed by atoms with Crippen LogP contribution in [0.3, 0.4) is 0 Å². The van der Waals surface area contributed by atoms with Crippen molar-refractivity contribution in [3.8, 4) is 0 Å². The second kappa shape index (κ2) is 5.43. The third kappa shape index (κ3) is 2.81. The Morgan fingerprint density at radius 2 is 2.11 bits per heavy atom. The number of hydrogen-bond acceptors (Lipinski definition) is 2. The lowest BCUT2D eigenvalue weighted by Gasteiger charge is -2.37. The highest BCUT2D eigenvalue weighted by atomic mass is 79.9. The maximum absolute atomic E-state index is 12.5. The van der Waals surface area contributed by atoms with E-state index in [0.29, 0.717) is 16.6 Å². The molecule has 0 aromatic heterocycles. The smallest absolute Gasteiger partial charge is 0.254 e. The molecular formula is C14H16BrClN2O. The molecule has 0 N–H and O–H groups in total. The van der Waals surface area contributed by atoms with Crippen molar-refractivity contribution >= 4 is 33.4 Å². The first-order chi connectivity index (χ1) is 9.13. The van der Waals surface area contributed by atoms with Gasteiger partial charge in [-0.25, -0.2) is 0 Å². The molecule has 1 aromatic carbocycles. The molecule has 19 heavy (non-hydrogen) atoms. The number of carbonyl (C=O) groups is 1. The van der Waals surface area contributed by atoms with Crippen LogP contribution in [0.15, 0.2) is 22.7 Å². The van der Waals surface area contributed by atoms with Crippen LogP contribution in [0.1, 0.15) is 23.2 Å². The van der Waals surface area contributed by atoms with Crippen molar-refractivity contribution in [2.45, 2.75) is 18.9 Å². The molecule has 2 aliphatic rings. The monoisotopic (exact) mass is 342 g/mol. The molecule has 102 valence electrons. The Morgan fingerprint density at radius 1 is 1.26 bits per heavy atom. The number of nitrogens with zero attached hydrogens (tertiary/aromatic N) is 2. The number of piperazine rings is 1. The molecule has 2 aliphatic heterocycles. The first-order valence-electron chi connectivity index (χ1n) is 6.63. The molecule has 0 aliphatic carbocycles. The molecule has 1 amide bonds. The predicted molar refractivity (Wildman–Crippen MR) is 79.7 cm³/mol. The molecule has 2 heterocycles. The van der Waals surface area contributed by atoms with Crippen LogP contribution in [-0.4, -0.2) is 47.9 Å². The van der Waals surface area contributed by atoms with Crippen LogP contribution in [0, 0.1) is 0 Å². The average Bonchev–Trinajstić information content (AvgIpc) is 2.83. The second-order valence-corrected chi connectivity index (χ2v) is 6.59. The van der Waals surface area contributed by atoms with Crippen molar-refractivity contribution in [1.82, 2.24) is 9.80 Å². The van der Waals surface area contributed by atoms with Crippen molar-refractivity contribution in [1.29, 1.82) is 0 Å². The topological polar surface area (TPSA) is 23.6 Å². The molecule has 0 spiro atoms. The van der Waals surface area contributed by atoms with Gasteiger partial charge in [0, 0.05) is 40.7 Å². The second-order valence-electron chi connectivity index (χ2n) is 5.24. The van der Waals surface area contributed by atoms with Crippen molar-refractivity contribution in [2.24, 2.45) is 0 Å². The average molecular weight is 344 g/mol. The summed E-state index contributed by atoms with van der Waals surface area (Å²) in [6, 6.07) is 5.94. The summed E-state index contributed by atoms with van der Waals surface area (Å²) in [5.74, 6) is 0.0924. The molecule has 1 unspecified atom stereocenters. The van der Waals surface area contributed by atoms with Gasteiger partial charge in [-0.15, -0.1) is 0 Å². The SMILES string of the molecule is O=C(c1cc(Cl)cc(Br)c1)N1CCN2CCCC2C1. The lowest BCUT2D eigenvalue weighted by Crippen LogP contribution is -2.52. The van der Waals surface area contributed by atoms with Crippen LogP contribution in [-0.2, 0) is 0 Å². The Balaban J connectivity index is 1.76. The molecule has 0 saturated carbocycles. The van der Waals surface area contributed by atoms with Crippen molar-refractivity contribution in [3.63, 3.8) is 0 Å². The van der Waals surface area contributed by atoms with Crippen LogP contribution >= 0.6 is 27.5 Å². The van der Waals surface area contributed by atoms with E-state index in [1.807, 2.05) is 11.0 Å². The van der Waals surface area contributed by atoms with Crippen LogP contribution in [0.4, 0.5) is 0 Å². The van der Waals surface area contributed by atoms with Crippen LogP contribution < -0.4 is 0 Å². The number of halogens is 2. The Hall–Kier alpha value is -0.580. The maximum atomic E-state index is 12.5. The molecule has 0 bridgehead atoms. The molecular weight excluding hydrogens is 328 g/mol. The molecule has 3 rings (SSSR count). The standard InChI is InChI=1S/C14H16BrClN2O/c15-11-6-10(7-12(16)8-11)14(19)18-5-4-17-3-1-2-13(17)9-18/h6-8,13H,1-5,9H2. The van der Waals surface area contributed by atoms with E-state index < -0.39 is 0 Å². The highest BCUT2D eigenvalue weighted by molar-refractivity contribution is 9.10. The van der Waals surface area contributed by atoms with Gasteiger partial charge in [-0.1, -0.05) is 27.5 Å². The largest absolute Gasteiger partial charge is 0.336 e. The number of rotatable bonds is 1. The van der Waals surface area contributed by atoms with Gasteiger partial charge in [-0.2, -0.15) is 0 Å². The number of benzene rings is 1. The van der Waals surface area contributed by atoms with Gasteiger partial charge in [0.05, 0.1) is 0 Å². The summed E-state index contributed by atoms with van der Waals surface area (Å²) >= 11 is 9.40. The van der Waals surface area contributed by atoms with Crippen LogP contribution in [0.25, 0.3) is 0 Å². The minimum atomic E-state index is 0.0924. The quantitative estimate of drug-likeness (QED) is 0.782. The molecule has 2 fully saturated rings. The third-order valence-electron chi connectivity index (χ3n) is 3.98. The van der Waals surface area contributed by atoms with E-state index in [-0.39, 0.29) is 5.91 Å². The summed E-state index contributed by atoms with van der Waals surface area (Å²) in [6.07, 6.45) is 2.47. The van der Waals surface area contributed by atoms with E-state index in [1.165, 1.54) is 19.4 Å². The lowest BCUT2D eigenvalue weighted by molar-refractivity contribution is 0.0571. The fraction of sp³-hybridized carbons (Fsp3) is 0.500. The predicted octanol–water partition coefficient (Wildman–Crippen LogP) is 3.02. The highest BCUT2D eigenvalue weighted by Gasteiger charge is 2.32. The van der Waals surface area contributed by atoms with Crippen molar-refractivity contribution in [3.05, 3.63) is 33.3 Å². The van der Waals surface area contributed by atoms with Gasteiger partial charge in [-0.05, 0) is 37.6 Å². The minimum Gasteiger partial charge on any atom is -0.336 e. The fourth-order valence-electron chi connectivity index (χ4n) is 3.04. The number of fused-ring (bicyclic) bond motifs is 1. The van der Waals surface area contributed by atoms with Gasteiger partial charge in [0.1, 0.15) is 0 Å². The number of hydrogen-bond donors (Lipinski definition) is 0. The molecule has 2 saturated heterocycles. The first-order valence-corrected chi connectivity index (χ1v) is 7.80. The summed E-state index contributed by atoms with van der Waals surface area (Å²) in [4.78, 5) is 17.0. The normalized spacial score (nSPS) is 23.5. The number of amides is 1. The summed E-state index contributed by atoms with van der Waals surface area (Å²) in [5.41, 5.74) is 0.672. The summed E-state index contributed by atoms with van der Waals surface area (Å²) < 4.78 is 0.850. The van der Waals surface area contributed by atoms with E-state index in [1.54, 1.807) is 12.1 Å². The minimum absolute atomic E-state index is 0.0924. The third-order valence-corrected chi connectivity index (χ3v) is 4.66. The Kier molecular flexibility index (Phi) is 3.83. The van der Waals surface area contributed by atoms with E-state index >= 15 is 0 Å². The molecule has 3 nitrogen and oxygen atoms in total. The van der Waals surface area contributed by atoms with E-state index in [4.69, 9.17) is 11.6 Å². The van der Waals surface area contributed by atoms with E-state index in [2.05, 4.69) is 20.8 Å². The molecule has 0 radical (unpaired) electrons. The zero-order valence-electron chi connectivity index (χ0n) is 10.6. The summed E-state index contributed by atoms with van der Waals surface area (Å²) in [6.45, 7) is 3.86.